The van der Waals surface area contributed by atoms with E-state index >= 15 is 0 Å². The van der Waals surface area contributed by atoms with Crippen LogP contribution in [-0.2, 0) is 9.59 Å². The van der Waals surface area contributed by atoms with Crippen LogP contribution >= 0.6 is 23.1 Å². The first kappa shape index (κ1) is 23.0. The summed E-state index contributed by atoms with van der Waals surface area (Å²) < 4.78 is 3.33. The summed E-state index contributed by atoms with van der Waals surface area (Å²) in [5, 5.41) is 20.4. The lowest BCUT2D eigenvalue weighted by atomic mass is 9.83. The number of carbonyl (C=O) groups excluding carboxylic acids is 2. The fourth-order valence-electron chi connectivity index (χ4n) is 4.53. The second-order valence-corrected chi connectivity index (χ2v) is 9.06. The highest BCUT2D eigenvalue weighted by molar-refractivity contribution is 7.98. The van der Waals surface area contributed by atoms with Crippen LogP contribution in [0.5, 0.6) is 0 Å². The standard InChI is InChI=1S/C18H20N4O5S2.HI/c1-6-13(29-16-15(28-4)21(18(19)27)8(3)20(6)16)9-5-10-11(7(2)23)14(24)22(10)12(9)17(25)26;/h7,10-11,23H,5H2,1-4H3,(H2-,19,25,26,27);1H/t7-,10-,11-;/m1./s1. The fourth-order valence-corrected chi connectivity index (χ4v) is 6.85. The fraction of sp³-hybridized carbons (Fsp3) is 0.444. The number of β-lactam (4-membered cyclic amide) rings is 1. The van der Waals surface area contributed by atoms with E-state index in [4.69, 9.17) is 5.73 Å². The quantitative estimate of drug-likeness (QED) is 0.170. The maximum absolute atomic E-state index is 12.5. The molecule has 1 saturated heterocycles. The second kappa shape index (κ2) is 7.80. The molecule has 30 heavy (non-hydrogen) atoms. The number of primary amides is 1. The number of nitrogens with two attached hydrogens (primary N) is 1. The Labute approximate surface area is 197 Å². The van der Waals surface area contributed by atoms with E-state index in [-0.39, 0.29) is 41.6 Å². The van der Waals surface area contributed by atoms with E-state index in [1.54, 1.807) is 13.8 Å². The monoisotopic (exact) mass is 564 g/mol. The van der Waals surface area contributed by atoms with Gasteiger partial charge in [0.2, 0.25) is 15.8 Å². The van der Waals surface area contributed by atoms with E-state index in [0.717, 1.165) is 15.4 Å². The highest BCUT2D eigenvalue weighted by Gasteiger charge is 2.57. The molecule has 2 aliphatic heterocycles. The summed E-state index contributed by atoms with van der Waals surface area (Å²) in [6.45, 7) is 5.19. The van der Waals surface area contributed by atoms with Gasteiger partial charge in [0.1, 0.15) is 11.4 Å². The number of nitrogens with zero attached hydrogens (tertiary/aromatic N) is 3. The number of aliphatic hydroxyl groups excluding tert-OH is 1. The summed E-state index contributed by atoms with van der Waals surface area (Å²) in [5.74, 6) is -1.47. The summed E-state index contributed by atoms with van der Waals surface area (Å²) in [7, 11) is 0. The Bertz CT molecular complexity index is 1140. The molecule has 2 aromatic rings. The number of fused-ring (bicyclic) bond motifs is 2. The number of amides is 2. The van der Waals surface area contributed by atoms with Gasteiger partial charge in [-0.05, 0) is 26.5 Å². The van der Waals surface area contributed by atoms with Crippen molar-refractivity contribution in [3.8, 4) is 0 Å². The van der Waals surface area contributed by atoms with Gasteiger partial charge < -0.3 is 44.8 Å². The number of thiazole rings is 1. The maximum Gasteiger partial charge on any atom is 0.411 e. The van der Waals surface area contributed by atoms with Gasteiger partial charge in [-0.15, -0.1) is 4.57 Å². The molecular formula is C18H21IN4O5S2. The van der Waals surface area contributed by atoms with Crippen molar-refractivity contribution in [1.82, 2.24) is 9.47 Å². The van der Waals surface area contributed by atoms with E-state index in [9.17, 15) is 24.6 Å². The molecule has 162 valence electrons. The van der Waals surface area contributed by atoms with E-state index < -0.39 is 24.0 Å². The molecule has 4 rings (SSSR count). The third kappa shape index (κ3) is 2.91. The van der Waals surface area contributed by atoms with Crippen LogP contribution in [0.2, 0.25) is 0 Å². The molecule has 1 fully saturated rings. The van der Waals surface area contributed by atoms with Crippen LogP contribution < -0.4 is 34.1 Å². The minimum absolute atomic E-state index is 0. The lowest BCUT2D eigenvalue weighted by Crippen LogP contribution is -3.00. The molecule has 0 saturated carbocycles. The van der Waals surface area contributed by atoms with Gasteiger partial charge in [0.05, 0.1) is 22.9 Å². The van der Waals surface area contributed by atoms with Gasteiger partial charge in [0.15, 0.2) is 0 Å². The number of imidazole rings is 1. The zero-order chi connectivity index (χ0) is 21.4. The topological polar surface area (TPSA) is 130 Å². The normalized spacial score (nSPS) is 21.5. The number of aliphatic hydroxyl groups is 1. The molecule has 9 nitrogen and oxygen atoms in total. The zero-order valence-corrected chi connectivity index (χ0v) is 20.5. The Morgan fingerprint density at radius 3 is 2.50 bits per heavy atom. The molecule has 0 aliphatic carbocycles. The van der Waals surface area contributed by atoms with Crippen molar-refractivity contribution in [1.29, 1.82) is 0 Å². The van der Waals surface area contributed by atoms with Gasteiger partial charge in [-0.1, -0.05) is 23.1 Å². The Morgan fingerprint density at radius 1 is 1.37 bits per heavy atom. The number of aliphatic carboxylic acids is 1. The molecular weight excluding hydrogens is 543 g/mol. The lowest BCUT2D eigenvalue weighted by Gasteiger charge is -2.44. The van der Waals surface area contributed by atoms with Crippen LogP contribution in [0.25, 0.3) is 10.4 Å². The molecule has 4 heterocycles. The van der Waals surface area contributed by atoms with Crippen LogP contribution in [0, 0.1) is 19.8 Å². The first-order chi connectivity index (χ1) is 13.6. The van der Waals surface area contributed by atoms with Crippen molar-refractivity contribution in [3.05, 3.63) is 22.1 Å². The van der Waals surface area contributed by atoms with Crippen molar-refractivity contribution >= 4 is 51.4 Å². The number of thioether (sulfide) groups is 1. The minimum Gasteiger partial charge on any atom is -1.00 e. The average molecular weight is 564 g/mol. The van der Waals surface area contributed by atoms with Gasteiger partial charge in [-0.25, -0.2) is 9.59 Å². The van der Waals surface area contributed by atoms with E-state index in [1.807, 2.05) is 17.6 Å². The summed E-state index contributed by atoms with van der Waals surface area (Å²) in [6, 6.07) is -0.925. The number of rotatable bonds is 4. The molecule has 2 aromatic heterocycles. The molecule has 12 heteroatoms. The largest absolute Gasteiger partial charge is 1.00 e. The third-order valence-electron chi connectivity index (χ3n) is 5.72. The van der Waals surface area contributed by atoms with Crippen LogP contribution in [0.4, 0.5) is 4.79 Å². The van der Waals surface area contributed by atoms with E-state index in [2.05, 4.69) is 0 Å². The van der Waals surface area contributed by atoms with Gasteiger partial charge in [0.25, 0.3) is 5.82 Å². The highest BCUT2D eigenvalue weighted by atomic mass is 127. The molecule has 0 aromatic carbocycles. The van der Waals surface area contributed by atoms with E-state index in [1.165, 1.54) is 32.6 Å². The van der Waals surface area contributed by atoms with E-state index in [0.29, 0.717) is 22.8 Å². The number of hydrogen-bond acceptors (Lipinski definition) is 6. The summed E-state index contributed by atoms with van der Waals surface area (Å²) in [6.07, 6.45) is 1.38. The molecule has 2 amide bonds. The van der Waals surface area contributed by atoms with Crippen LogP contribution in [0.1, 0.15) is 29.7 Å². The number of carboxylic acids is 1. The second-order valence-electron chi connectivity index (χ2n) is 7.27. The number of aromatic nitrogens is 2. The molecule has 3 atom stereocenters. The Morgan fingerprint density at radius 2 is 2.00 bits per heavy atom. The predicted octanol–water partition coefficient (Wildman–Crippen LogP) is -2.03. The number of aryl methyl sites for hydroxylation is 2. The van der Waals surface area contributed by atoms with Crippen molar-refractivity contribution in [3.63, 3.8) is 0 Å². The smallest absolute Gasteiger partial charge is 0.411 e. The van der Waals surface area contributed by atoms with Gasteiger partial charge in [0, 0.05) is 12.5 Å². The Balaban J connectivity index is 0.00000256. The number of carbonyl (C=O) groups is 3. The number of carboxylic acid groups (broad SMARTS) is 1. The first-order valence-corrected chi connectivity index (χ1v) is 11.0. The third-order valence-corrected chi connectivity index (χ3v) is 7.93. The first-order valence-electron chi connectivity index (χ1n) is 9.00. The predicted molar refractivity (Wildman–Crippen MR) is 107 cm³/mol. The number of halogens is 1. The number of hydrogen-bond donors (Lipinski definition) is 3. The van der Waals surface area contributed by atoms with Crippen LogP contribution in [0.15, 0.2) is 10.7 Å². The molecule has 4 N–H and O–H groups in total. The average Bonchev–Trinajstić information content (AvgIpc) is 3.22. The Hall–Kier alpha value is -1.64. The summed E-state index contributed by atoms with van der Waals surface area (Å²) in [5.41, 5.74) is 6.89. The molecule has 2 aliphatic rings. The van der Waals surface area contributed by atoms with Crippen molar-refractivity contribution < 1.29 is 53.0 Å². The molecule has 0 spiro atoms. The zero-order valence-electron chi connectivity index (χ0n) is 16.7. The maximum atomic E-state index is 12.5. The molecule has 0 bridgehead atoms. The molecule has 0 unspecified atom stereocenters. The Kier molecular flexibility index (Phi) is 5.99. The van der Waals surface area contributed by atoms with Crippen molar-refractivity contribution in [2.24, 2.45) is 11.7 Å². The van der Waals surface area contributed by atoms with Gasteiger partial charge in [-0.3, -0.25) is 4.79 Å². The van der Waals surface area contributed by atoms with Gasteiger partial charge in [-0.2, -0.15) is 4.40 Å². The van der Waals surface area contributed by atoms with Crippen molar-refractivity contribution in [2.45, 2.75) is 44.4 Å². The minimum atomic E-state index is -1.16. The van der Waals surface area contributed by atoms with Crippen LogP contribution in [0.3, 0.4) is 0 Å². The van der Waals surface area contributed by atoms with Crippen molar-refractivity contribution in [2.75, 3.05) is 6.26 Å². The lowest BCUT2D eigenvalue weighted by molar-refractivity contribution is -0.523. The molecule has 0 radical (unpaired) electrons. The van der Waals surface area contributed by atoms with Gasteiger partial charge >= 0.3 is 12.0 Å². The summed E-state index contributed by atoms with van der Waals surface area (Å²) >= 11 is 2.77. The SMILES string of the molecule is CSc1c2sc(C3=C(C(=O)O)N4C(=O)[C@H]([C@@H](C)O)[C@H]4C3)c(C)[n+]2c(C)n1C(N)=O.[I-]. The summed E-state index contributed by atoms with van der Waals surface area (Å²) in [4.78, 5) is 39.2. The highest BCUT2D eigenvalue weighted by Crippen LogP contribution is 2.48. The van der Waals surface area contributed by atoms with Crippen LogP contribution in [-0.4, -0.2) is 56.0 Å².